The molecule has 0 fully saturated rings. The normalized spacial score (nSPS) is 11.7. The summed E-state index contributed by atoms with van der Waals surface area (Å²) in [5.74, 6) is 0. The van der Waals surface area contributed by atoms with Crippen LogP contribution in [0.2, 0.25) is 0 Å². The summed E-state index contributed by atoms with van der Waals surface area (Å²) in [5, 5.41) is 8.22. The number of hydrogen-bond donors (Lipinski definition) is 1. The molecule has 2 N–H and O–H groups in total. The molecule has 0 aliphatic carbocycles. The number of nitrogens with two attached hydrogens (primary N) is 1. The first-order chi connectivity index (χ1) is 5.26. The lowest BCUT2D eigenvalue weighted by Gasteiger charge is -2.22. The number of hydrogen-bond acceptors (Lipinski definition) is 3. The quantitative estimate of drug-likeness (QED) is 0.443. The van der Waals surface area contributed by atoms with Gasteiger partial charge in [-0.2, -0.15) is 5.26 Å². The molecule has 1 unspecified atom stereocenters. The van der Waals surface area contributed by atoms with Gasteiger partial charge in [0.05, 0.1) is 18.7 Å². The maximum absolute atomic E-state index is 10.3. The predicted octanol–water partition coefficient (Wildman–Crippen LogP) is -0.133. The first kappa shape index (κ1) is 9.92. The average molecular weight is 154 g/mol. The van der Waals surface area contributed by atoms with E-state index in [-0.39, 0.29) is 6.17 Å². The lowest BCUT2D eigenvalue weighted by molar-refractivity contribution is -0.120. The van der Waals surface area contributed by atoms with Crippen molar-refractivity contribution in [3.05, 3.63) is 6.92 Å². The highest BCUT2D eigenvalue weighted by molar-refractivity contribution is 5.47. The summed E-state index contributed by atoms with van der Waals surface area (Å²) in [6.07, 6.45) is 1.06. The number of nitrogens with zero attached hydrogens (tertiary/aromatic N) is 2. The summed E-state index contributed by atoms with van der Waals surface area (Å²) in [6, 6.07) is 1.93. The van der Waals surface area contributed by atoms with Gasteiger partial charge in [-0.1, -0.05) is 0 Å². The fourth-order valence-corrected chi connectivity index (χ4v) is 0.642. The second-order valence-electron chi connectivity index (χ2n) is 2.11. The molecule has 4 nitrogen and oxygen atoms in total. The van der Waals surface area contributed by atoms with Gasteiger partial charge in [-0.3, -0.25) is 4.79 Å². The van der Waals surface area contributed by atoms with Crippen LogP contribution in [0.15, 0.2) is 0 Å². The molecule has 1 amide bonds. The van der Waals surface area contributed by atoms with Crippen molar-refractivity contribution in [1.29, 1.82) is 5.26 Å². The number of nitriles is 1. The third-order valence-corrected chi connectivity index (χ3v) is 1.34. The van der Waals surface area contributed by atoms with Gasteiger partial charge >= 0.3 is 0 Å². The molecule has 0 aliphatic heterocycles. The van der Waals surface area contributed by atoms with Gasteiger partial charge in [0.2, 0.25) is 6.41 Å². The Kier molecular flexibility index (Phi) is 5.13. The Hall–Kier alpha value is -1.08. The number of rotatable bonds is 5. The van der Waals surface area contributed by atoms with E-state index in [0.29, 0.717) is 25.8 Å². The van der Waals surface area contributed by atoms with E-state index in [9.17, 15) is 4.79 Å². The van der Waals surface area contributed by atoms with E-state index in [1.165, 1.54) is 4.90 Å². The third kappa shape index (κ3) is 3.58. The highest BCUT2D eigenvalue weighted by Crippen LogP contribution is 1.94. The van der Waals surface area contributed by atoms with Gasteiger partial charge in [-0.15, -0.1) is 0 Å². The molecule has 1 radical (unpaired) electrons. The van der Waals surface area contributed by atoms with Crippen LogP contribution in [0.25, 0.3) is 0 Å². The van der Waals surface area contributed by atoms with E-state index in [4.69, 9.17) is 11.0 Å². The van der Waals surface area contributed by atoms with Crippen LogP contribution < -0.4 is 5.73 Å². The van der Waals surface area contributed by atoms with E-state index in [0.717, 1.165) is 0 Å². The molecule has 0 heterocycles. The van der Waals surface area contributed by atoms with Gasteiger partial charge in [0.15, 0.2) is 0 Å². The number of carbonyl (C=O) groups is 1. The van der Waals surface area contributed by atoms with Gasteiger partial charge in [-0.05, 0) is 13.3 Å². The van der Waals surface area contributed by atoms with E-state index in [1.54, 1.807) is 0 Å². The molecule has 4 heteroatoms. The second-order valence-corrected chi connectivity index (χ2v) is 2.11. The zero-order valence-electron chi connectivity index (χ0n) is 6.36. The third-order valence-electron chi connectivity index (χ3n) is 1.34. The Balaban J connectivity index is 3.76. The van der Waals surface area contributed by atoms with Crippen molar-refractivity contribution in [2.75, 3.05) is 6.54 Å². The van der Waals surface area contributed by atoms with Gasteiger partial charge in [0, 0.05) is 6.54 Å². The molecular weight excluding hydrogens is 142 g/mol. The van der Waals surface area contributed by atoms with E-state index in [1.807, 2.05) is 6.07 Å². The smallest absolute Gasteiger partial charge is 0.210 e. The van der Waals surface area contributed by atoms with Gasteiger partial charge in [0.1, 0.15) is 0 Å². The Bertz CT molecular complexity index is 152. The van der Waals surface area contributed by atoms with Crippen molar-refractivity contribution in [2.45, 2.75) is 19.0 Å². The van der Waals surface area contributed by atoms with Crippen molar-refractivity contribution in [3.63, 3.8) is 0 Å². The molecule has 0 spiro atoms. The van der Waals surface area contributed by atoms with Gasteiger partial charge in [0.25, 0.3) is 0 Å². The molecule has 0 rings (SSSR count). The van der Waals surface area contributed by atoms with E-state index in [2.05, 4.69) is 6.92 Å². The average Bonchev–Trinajstić information content (AvgIpc) is 2.05. The van der Waals surface area contributed by atoms with Crippen LogP contribution in [-0.2, 0) is 4.79 Å². The monoisotopic (exact) mass is 154 g/mol. The van der Waals surface area contributed by atoms with Crippen LogP contribution in [0.4, 0.5) is 0 Å². The molecular formula is C7H12N3O. The first-order valence-corrected chi connectivity index (χ1v) is 3.39. The number of carbonyl (C=O) groups excluding carboxylic acids is 1. The highest BCUT2D eigenvalue weighted by Gasteiger charge is 2.07. The highest BCUT2D eigenvalue weighted by atomic mass is 16.1. The van der Waals surface area contributed by atoms with Crippen LogP contribution in [0.3, 0.4) is 0 Å². The maximum Gasteiger partial charge on any atom is 0.210 e. The van der Waals surface area contributed by atoms with Crippen molar-refractivity contribution >= 4 is 6.41 Å². The standard InChI is InChI=1S/C7H12N3O/c1-2-7(9)10(6-11)5-3-4-8/h6-7H,1-3,5,9H2. The fourth-order valence-electron chi connectivity index (χ4n) is 0.642. The summed E-state index contributed by atoms with van der Waals surface area (Å²) >= 11 is 0. The van der Waals surface area contributed by atoms with Crippen molar-refractivity contribution in [3.8, 4) is 6.07 Å². The number of amides is 1. The van der Waals surface area contributed by atoms with Crippen LogP contribution >= 0.6 is 0 Å². The molecule has 0 aromatic rings. The van der Waals surface area contributed by atoms with Gasteiger partial charge < -0.3 is 10.6 Å². The minimum Gasteiger partial charge on any atom is -0.329 e. The Morgan fingerprint density at radius 2 is 2.45 bits per heavy atom. The lowest BCUT2D eigenvalue weighted by Crippen LogP contribution is -2.41. The minimum absolute atomic E-state index is 0.312. The van der Waals surface area contributed by atoms with Crippen molar-refractivity contribution in [1.82, 2.24) is 4.90 Å². The largest absolute Gasteiger partial charge is 0.329 e. The zero-order valence-corrected chi connectivity index (χ0v) is 6.36. The van der Waals surface area contributed by atoms with Gasteiger partial charge in [-0.25, -0.2) is 0 Å². The zero-order chi connectivity index (χ0) is 8.69. The molecule has 11 heavy (non-hydrogen) atoms. The summed E-state index contributed by atoms with van der Waals surface area (Å²) in [7, 11) is 0. The predicted molar refractivity (Wildman–Crippen MR) is 40.9 cm³/mol. The Labute approximate surface area is 66.6 Å². The molecule has 61 valence electrons. The molecule has 0 saturated carbocycles. The van der Waals surface area contributed by atoms with Crippen LogP contribution in [-0.4, -0.2) is 24.0 Å². The minimum atomic E-state index is -0.360. The fraction of sp³-hybridized carbons (Fsp3) is 0.571. The summed E-state index contributed by atoms with van der Waals surface area (Å²) < 4.78 is 0. The van der Waals surface area contributed by atoms with Crippen LogP contribution in [0, 0.1) is 18.3 Å². The van der Waals surface area contributed by atoms with E-state index < -0.39 is 0 Å². The Morgan fingerprint density at radius 1 is 1.82 bits per heavy atom. The topological polar surface area (TPSA) is 70.1 Å². The molecule has 1 atom stereocenters. The molecule has 0 aromatic heterocycles. The van der Waals surface area contributed by atoms with E-state index >= 15 is 0 Å². The summed E-state index contributed by atoms with van der Waals surface area (Å²) in [4.78, 5) is 11.7. The van der Waals surface area contributed by atoms with Crippen LogP contribution in [0.1, 0.15) is 12.8 Å². The van der Waals surface area contributed by atoms with Crippen molar-refractivity contribution in [2.24, 2.45) is 5.73 Å². The lowest BCUT2D eigenvalue weighted by atomic mass is 10.3. The summed E-state index contributed by atoms with van der Waals surface area (Å²) in [5.41, 5.74) is 5.49. The molecule has 0 saturated heterocycles. The molecule has 0 bridgehead atoms. The maximum atomic E-state index is 10.3. The second kappa shape index (κ2) is 5.69. The SMILES string of the molecule is [CH2]CC(N)N(C=O)CCC#N. The van der Waals surface area contributed by atoms with Crippen molar-refractivity contribution < 1.29 is 4.79 Å². The van der Waals surface area contributed by atoms with Crippen LogP contribution in [0.5, 0.6) is 0 Å². The first-order valence-electron chi connectivity index (χ1n) is 3.39. The molecule has 0 aliphatic rings. The Morgan fingerprint density at radius 3 is 2.82 bits per heavy atom. The summed E-state index contributed by atoms with van der Waals surface area (Å²) in [6.45, 7) is 3.94. The molecule has 0 aromatic carbocycles.